The molecule has 0 aromatic carbocycles. The van der Waals surface area contributed by atoms with Crippen molar-refractivity contribution in [3.8, 4) is 5.88 Å². The van der Waals surface area contributed by atoms with E-state index in [0.717, 1.165) is 11.5 Å². The van der Waals surface area contributed by atoms with Gasteiger partial charge in [-0.1, -0.05) is 6.07 Å². The molecule has 0 bridgehead atoms. The summed E-state index contributed by atoms with van der Waals surface area (Å²) in [6.45, 7) is 1.29. The van der Waals surface area contributed by atoms with Crippen LogP contribution in [0, 0.1) is 0 Å². The van der Waals surface area contributed by atoms with Crippen molar-refractivity contribution < 1.29 is 4.74 Å². The molecule has 90 valence electrons. The first-order chi connectivity index (χ1) is 8.28. The van der Waals surface area contributed by atoms with E-state index >= 15 is 0 Å². The lowest BCUT2D eigenvalue weighted by Crippen LogP contribution is -2.15. The number of aromatic nitrogens is 4. The van der Waals surface area contributed by atoms with Gasteiger partial charge in [-0.3, -0.25) is 4.68 Å². The summed E-state index contributed by atoms with van der Waals surface area (Å²) in [4.78, 5) is 8.42. The van der Waals surface area contributed by atoms with Gasteiger partial charge in [-0.2, -0.15) is 5.10 Å². The smallest absolute Gasteiger partial charge is 0.213 e. The molecule has 6 heteroatoms. The van der Waals surface area contributed by atoms with Crippen molar-refractivity contribution in [2.24, 2.45) is 7.05 Å². The first kappa shape index (κ1) is 11.5. The fourth-order valence-corrected chi connectivity index (χ4v) is 1.44. The van der Waals surface area contributed by atoms with Crippen molar-refractivity contribution in [2.75, 3.05) is 7.11 Å². The first-order valence-corrected chi connectivity index (χ1v) is 5.33. The molecule has 0 radical (unpaired) electrons. The third kappa shape index (κ3) is 3.25. The minimum Gasteiger partial charge on any atom is -0.481 e. The van der Waals surface area contributed by atoms with Gasteiger partial charge >= 0.3 is 0 Å². The summed E-state index contributed by atoms with van der Waals surface area (Å²) in [5.74, 6) is 1.40. The maximum Gasteiger partial charge on any atom is 0.213 e. The summed E-state index contributed by atoms with van der Waals surface area (Å²) in [6.07, 6.45) is 1.68. The van der Waals surface area contributed by atoms with Crippen LogP contribution in [0.1, 0.15) is 11.5 Å². The quantitative estimate of drug-likeness (QED) is 0.815. The number of nitrogens with zero attached hydrogens (tertiary/aromatic N) is 4. The number of methoxy groups -OCH3 is 1. The number of hydrogen-bond acceptors (Lipinski definition) is 5. The van der Waals surface area contributed by atoms with Gasteiger partial charge in [0.25, 0.3) is 0 Å². The molecule has 1 N–H and O–H groups in total. The molecule has 6 nitrogen and oxygen atoms in total. The van der Waals surface area contributed by atoms with E-state index in [-0.39, 0.29) is 0 Å². The van der Waals surface area contributed by atoms with E-state index in [2.05, 4.69) is 20.4 Å². The Morgan fingerprint density at radius 2 is 2.24 bits per heavy atom. The molecule has 0 saturated heterocycles. The molecule has 0 aliphatic rings. The molecular formula is C11H15N5O. The van der Waals surface area contributed by atoms with E-state index in [9.17, 15) is 0 Å². The second-order valence-corrected chi connectivity index (χ2v) is 3.61. The van der Waals surface area contributed by atoms with Crippen LogP contribution in [-0.2, 0) is 20.1 Å². The van der Waals surface area contributed by atoms with Gasteiger partial charge in [-0.05, 0) is 6.07 Å². The van der Waals surface area contributed by atoms with Gasteiger partial charge in [0.2, 0.25) is 5.88 Å². The molecule has 2 rings (SSSR count). The Hall–Kier alpha value is -1.95. The van der Waals surface area contributed by atoms with E-state index < -0.39 is 0 Å². The summed E-state index contributed by atoms with van der Waals surface area (Å²) in [5, 5.41) is 7.40. The lowest BCUT2D eigenvalue weighted by atomic mass is 10.3. The van der Waals surface area contributed by atoms with E-state index in [1.807, 2.05) is 25.2 Å². The number of hydrogen-bond donors (Lipinski definition) is 1. The zero-order chi connectivity index (χ0) is 12.1. The monoisotopic (exact) mass is 233 g/mol. The molecule has 0 saturated carbocycles. The predicted octanol–water partition coefficient (Wildman–Crippen LogP) is 0.508. The maximum atomic E-state index is 5.06. The Morgan fingerprint density at radius 3 is 2.94 bits per heavy atom. The molecule has 2 aromatic heterocycles. The SMILES string of the molecule is COc1cccc(CNCc2ncn(C)n2)n1. The van der Waals surface area contributed by atoms with Gasteiger partial charge in [0.15, 0.2) is 5.82 Å². The van der Waals surface area contributed by atoms with Crippen LogP contribution >= 0.6 is 0 Å². The normalized spacial score (nSPS) is 10.5. The molecule has 0 aliphatic heterocycles. The Morgan fingerprint density at radius 1 is 1.35 bits per heavy atom. The number of pyridine rings is 1. The van der Waals surface area contributed by atoms with Gasteiger partial charge in [-0.25, -0.2) is 9.97 Å². The highest BCUT2D eigenvalue weighted by molar-refractivity contribution is 5.15. The summed E-state index contributed by atoms with van der Waals surface area (Å²) < 4.78 is 6.74. The fourth-order valence-electron chi connectivity index (χ4n) is 1.44. The molecule has 0 unspecified atom stereocenters. The van der Waals surface area contributed by atoms with Gasteiger partial charge in [0, 0.05) is 19.7 Å². The van der Waals surface area contributed by atoms with Crippen molar-refractivity contribution in [1.29, 1.82) is 0 Å². The molecule has 2 aromatic rings. The molecule has 0 fully saturated rings. The highest BCUT2D eigenvalue weighted by Gasteiger charge is 2.00. The number of aryl methyl sites for hydroxylation is 1. The second kappa shape index (κ2) is 5.40. The third-order valence-electron chi connectivity index (χ3n) is 2.23. The lowest BCUT2D eigenvalue weighted by molar-refractivity contribution is 0.395. The van der Waals surface area contributed by atoms with Gasteiger partial charge in [-0.15, -0.1) is 0 Å². The Labute approximate surface area is 99.7 Å². The molecule has 2 heterocycles. The highest BCUT2D eigenvalue weighted by atomic mass is 16.5. The van der Waals surface area contributed by atoms with Crippen molar-refractivity contribution in [2.45, 2.75) is 13.1 Å². The lowest BCUT2D eigenvalue weighted by Gasteiger charge is -2.03. The largest absolute Gasteiger partial charge is 0.481 e. The summed E-state index contributed by atoms with van der Waals surface area (Å²) in [6, 6.07) is 5.69. The summed E-state index contributed by atoms with van der Waals surface area (Å²) in [7, 11) is 3.46. The average molecular weight is 233 g/mol. The van der Waals surface area contributed by atoms with Crippen molar-refractivity contribution in [3.63, 3.8) is 0 Å². The van der Waals surface area contributed by atoms with Crippen LogP contribution in [0.3, 0.4) is 0 Å². The predicted molar refractivity (Wildman–Crippen MR) is 62.3 cm³/mol. The fraction of sp³-hybridized carbons (Fsp3) is 0.364. The minimum atomic E-state index is 0.625. The van der Waals surface area contributed by atoms with E-state index in [0.29, 0.717) is 19.0 Å². The van der Waals surface area contributed by atoms with Gasteiger partial charge in [0.1, 0.15) is 6.33 Å². The van der Waals surface area contributed by atoms with E-state index in [1.165, 1.54) is 0 Å². The molecular weight excluding hydrogens is 218 g/mol. The van der Waals surface area contributed by atoms with Crippen LogP contribution in [0.4, 0.5) is 0 Å². The van der Waals surface area contributed by atoms with Gasteiger partial charge < -0.3 is 10.1 Å². The number of ether oxygens (including phenoxy) is 1. The zero-order valence-corrected chi connectivity index (χ0v) is 9.92. The van der Waals surface area contributed by atoms with Crippen molar-refractivity contribution in [1.82, 2.24) is 25.1 Å². The Kier molecular flexibility index (Phi) is 3.66. The highest BCUT2D eigenvalue weighted by Crippen LogP contribution is 2.06. The standard InChI is InChI=1S/C11H15N5O/c1-16-8-13-10(15-16)7-12-6-9-4-3-5-11(14-9)17-2/h3-5,8,12H,6-7H2,1-2H3. The topological polar surface area (TPSA) is 64.9 Å². The molecule has 0 atom stereocenters. The van der Waals surface area contributed by atoms with Crippen molar-refractivity contribution in [3.05, 3.63) is 36.0 Å². The average Bonchev–Trinajstić information content (AvgIpc) is 2.75. The van der Waals surface area contributed by atoms with Gasteiger partial charge in [0.05, 0.1) is 19.3 Å². The molecule has 17 heavy (non-hydrogen) atoms. The first-order valence-electron chi connectivity index (χ1n) is 5.33. The number of nitrogens with one attached hydrogen (secondary N) is 1. The third-order valence-corrected chi connectivity index (χ3v) is 2.23. The van der Waals surface area contributed by atoms with Crippen LogP contribution in [-0.4, -0.2) is 26.9 Å². The maximum absolute atomic E-state index is 5.06. The zero-order valence-electron chi connectivity index (χ0n) is 9.92. The Balaban J connectivity index is 1.85. The summed E-state index contributed by atoms with van der Waals surface area (Å²) >= 11 is 0. The molecule has 0 amide bonds. The van der Waals surface area contributed by atoms with Crippen LogP contribution < -0.4 is 10.1 Å². The van der Waals surface area contributed by atoms with E-state index in [4.69, 9.17) is 4.74 Å². The van der Waals surface area contributed by atoms with Crippen LogP contribution in [0.5, 0.6) is 5.88 Å². The second-order valence-electron chi connectivity index (χ2n) is 3.61. The summed E-state index contributed by atoms with van der Waals surface area (Å²) in [5.41, 5.74) is 0.931. The Bertz CT molecular complexity index is 482. The van der Waals surface area contributed by atoms with Crippen LogP contribution in [0.2, 0.25) is 0 Å². The van der Waals surface area contributed by atoms with Crippen LogP contribution in [0.15, 0.2) is 24.5 Å². The minimum absolute atomic E-state index is 0.625. The van der Waals surface area contributed by atoms with Crippen molar-refractivity contribution >= 4 is 0 Å². The molecule has 0 aliphatic carbocycles. The van der Waals surface area contributed by atoms with Crippen LogP contribution in [0.25, 0.3) is 0 Å². The van der Waals surface area contributed by atoms with E-state index in [1.54, 1.807) is 18.1 Å². The number of rotatable bonds is 5. The molecule has 0 spiro atoms.